The lowest BCUT2D eigenvalue weighted by Crippen LogP contribution is -2.20. The summed E-state index contributed by atoms with van der Waals surface area (Å²) in [6, 6.07) is 0.418. The third-order valence-corrected chi connectivity index (χ3v) is 3.12. The monoisotopic (exact) mass is 226 g/mol. The van der Waals surface area contributed by atoms with Crippen molar-refractivity contribution in [3.63, 3.8) is 0 Å². The number of hydrogen-bond acceptors (Lipinski definition) is 2. The minimum atomic E-state index is 0.418. The number of pyridine rings is 1. The molecule has 0 unspecified atom stereocenters. The third-order valence-electron chi connectivity index (χ3n) is 2.74. The summed E-state index contributed by atoms with van der Waals surface area (Å²) in [7, 11) is 4.20. The number of halogens is 1. The van der Waals surface area contributed by atoms with Crippen LogP contribution in [-0.2, 0) is 0 Å². The van der Waals surface area contributed by atoms with E-state index in [2.05, 4.69) is 37.8 Å². The Bertz CT molecular complexity index is 323. The predicted octanol–water partition coefficient (Wildman–Crippen LogP) is 3.45. The quantitative estimate of drug-likeness (QED) is 0.782. The molecule has 0 saturated heterocycles. The summed E-state index contributed by atoms with van der Waals surface area (Å²) in [6.45, 7) is 4.26. The molecule has 15 heavy (non-hydrogen) atoms. The van der Waals surface area contributed by atoms with Crippen molar-refractivity contribution in [2.75, 3.05) is 14.1 Å². The standard InChI is InChI=1S/C12H19ClN2/c1-5-6-12(15(3)4)10-7-14-8-11(13)9(10)2/h7-8,12H,5-6H2,1-4H3/t12-/m0/s1. The topological polar surface area (TPSA) is 16.1 Å². The van der Waals surface area contributed by atoms with Crippen molar-refractivity contribution in [1.29, 1.82) is 0 Å². The van der Waals surface area contributed by atoms with E-state index in [-0.39, 0.29) is 0 Å². The maximum absolute atomic E-state index is 6.08. The Morgan fingerprint density at radius 3 is 2.60 bits per heavy atom. The van der Waals surface area contributed by atoms with Gasteiger partial charge in [0.05, 0.1) is 5.02 Å². The molecule has 0 amide bonds. The van der Waals surface area contributed by atoms with Crippen molar-refractivity contribution in [2.45, 2.75) is 32.7 Å². The van der Waals surface area contributed by atoms with Crippen molar-refractivity contribution in [1.82, 2.24) is 9.88 Å². The number of aromatic nitrogens is 1. The molecule has 0 fully saturated rings. The van der Waals surface area contributed by atoms with E-state index < -0.39 is 0 Å². The second kappa shape index (κ2) is 5.47. The molecular formula is C12H19ClN2. The van der Waals surface area contributed by atoms with E-state index in [9.17, 15) is 0 Å². The minimum Gasteiger partial charge on any atom is -0.302 e. The predicted molar refractivity (Wildman–Crippen MR) is 65.3 cm³/mol. The molecule has 1 aromatic rings. The lowest BCUT2D eigenvalue weighted by atomic mass is 9.99. The van der Waals surface area contributed by atoms with Crippen LogP contribution in [0.2, 0.25) is 5.02 Å². The van der Waals surface area contributed by atoms with Gasteiger partial charge in [0.2, 0.25) is 0 Å². The van der Waals surface area contributed by atoms with Gasteiger partial charge < -0.3 is 4.90 Å². The molecule has 84 valence electrons. The van der Waals surface area contributed by atoms with Crippen LogP contribution in [0.15, 0.2) is 12.4 Å². The van der Waals surface area contributed by atoms with Gasteiger partial charge in [-0.1, -0.05) is 24.9 Å². The number of rotatable bonds is 4. The molecule has 0 aromatic carbocycles. The summed E-state index contributed by atoms with van der Waals surface area (Å²) in [5.74, 6) is 0. The molecule has 0 N–H and O–H groups in total. The molecule has 0 radical (unpaired) electrons. The first-order chi connectivity index (χ1) is 7.07. The molecule has 0 spiro atoms. The van der Waals surface area contributed by atoms with Gasteiger partial charge in [0.15, 0.2) is 0 Å². The Morgan fingerprint density at radius 1 is 1.40 bits per heavy atom. The Labute approximate surface area is 97.3 Å². The average molecular weight is 227 g/mol. The van der Waals surface area contributed by atoms with Crippen LogP contribution in [-0.4, -0.2) is 24.0 Å². The van der Waals surface area contributed by atoms with Gasteiger partial charge in [-0.2, -0.15) is 0 Å². The highest BCUT2D eigenvalue weighted by Gasteiger charge is 2.16. The summed E-state index contributed by atoms with van der Waals surface area (Å²) in [6.07, 6.45) is 5.94. The van der Waals surface area contributed by atoms with Gasteiger partial charge in [0.1, 0.15) is 0 Å². The summed E-state index contributed by atoms with van der Waals surface area (Å²) in [5.41, 5.74) is 2.40. The zero-order valence-corrected chi connectivity index (χ0v) is 10.7. The van der Waals surface area contributed by atoms with Crippen molar-refractivity contribution < 1.29 is 0 Å². The van der Waals surface area contributed by atoms with Crippen LogP contribution < -0.4 is 0 Å². The van der Waals surface area contributed by atoms with Gasteiger partial charge in [-0.05, 0) is 38.6 Å². The normalized spacial score (nSPS) is 13.2. The molecule has 3 heteroatoms. The number of nitrogens with zero attached hydrogens (tertiary/aromatic N) is 2. The van der Waals surface area contributed by atoms with Gasteiger partial charge in [0, 0.05) is 18.4 Å². The van der Waals surface area contributed by atoms with Crippen LogP contribution in [0, 0.1) is 6.92 Å². The summed E-state index contributed by atoms with van der Waals surface area (Å²) < 4.78 is 0. The molecule has 2 nitrogen and oxygen atoms in total. The van der Waals surface area contributed by atoms with E-state index in [0.29, 0.717) is 6.04 Å². The summed E-state index contributed by atoms with van der Waals surface area (Å²) in [5, 5.41) is 0.760. The highest BCUT2D eigenvalue weighted by atomic mass is 35.5. The molecule has 1 rings (SSSR count). The molecule has 0 aliphatic carbocycles. The Balaban J connectivity index is 3.05. The summed E-state index contributed by atoms with van der Waals surface area (Å²) in [4.78, 5) is 6.40. The molecule has 1 atom stereocenters. The third kappa shape index (κ3) is 2.93. The highest BCUT2D eigenvalue weighted by molar-refractivity contribution is 6.31. The zero-order chi connectivity index (χ0) is 11.4. The van der Waals surface area contributed by atoms with E-state index in [0.717, 1.165) is 23.4 Å². The van der Waals surface area contributed by atoms with Crippen LogP contribution in [0.3, 0.4) is 0 Å². The van der Waals surface area contributed by atoms with Gasteiger partial charge in [-0.25, -0.2) is 0 Å². The highest BCUT2D eigenvalue weighted by Crippen LogP contribution is 2.28. The SMILES string of the molecule is CCC[C@@H](c1cncc(Cl)c1C)N(C)C. The van der Waals surface area contributed by atoms with E-state index in [4.69, 9.17) is 11.6 Å². The Hall–Kier alpha value is -0.600. The fourth-order valence-corrected chi connectivity index (χ4v) is 1.98. The number of hydrogen-bond donors (Lipinski definition) is 0. The molecule has 0 bridgehead atoms. The van der Waals surface area contributed by atoms with Gasteiger partial charge in [0.25, 0.3) is 0 Å². The van der Waals surface area contributed by atoms with E-state index >= 15 is 0 Å². The van der Waals surface area contributed by atoms with Crippen LogP contribution in [0.25, 0.3) is 0 Å². The Morgan fingerprint density at radius 2 is 2.07 bits per heavy atom. The first-order valence-electron chi connectivity index (χ1n) is 5.34. The van der Waals surface area contributed by atoms with Crippen molar-refractivity contribution in [3.8, 4) is 0 Å². The van der Waals surface area contributed by atoms with E-state index in [1.54, 1.807) is 6.20 Å². The molecule has 1 aromatic heterocycles. The van der Waals surface area contributed by atoms with Gasteiger partial charge >= 0.3 is 0 Å². The van der Waals surface area contributed by atoms with Crippen LogP contribution in [0.1, 0.15) is 36.9 Å². The van der Waals surface area contributed by atoms with Crippen LogP contribution >= 0.6 is 11.6 Å². The van der Waals surface area contributed by atoms with Crippen molar-refractivity contribution in [2.24, 2.45) is 0 Å². The van der Waals surface area contributed by atoms with Crippen LogP contribution in [0.4, 0.5) is 0 Å². The second-order valence-corrected chi connectivity index (χ2v) is 4.51. The molecular weight excluding hydrogens is 208 g/mol. The smallest absolute Gasteiger partial charge is 0.0621 e. The molecule has 1 heterocycles. The average Bonchev–Trinajstić information content (AvgIpc) is 2.19. The van der Waals surface area contributed by atoms with E-state index in [1.807, 2.05) is 6.20 Å². The minimum absolute atomic E-state index is 0.418. The lowest BCUT2D eigenvalue weighted by Gasteiger charge is -2.25. The lowest BCUT2D eigenvalue weighted by molar-refractivity contribution is 0.280. The van der Waals surface area contributed by atoms with Gasteiger partial charge in [-0.15, -0.1) is 0 Å². The Kier molecular flexibility index (Phi) is 4.55. The first kappa shape index (κ1) is 12.5. The van der Waals surface area contributed by atoms with E-state index in [1.165, 1.54) is 5.56 Å². The fraction of sp³-hybridized carbons (Fsp3) is 0.583. The van der Waals surface area contributed by atoms with Crippen molar-refractivity contribution >= 4 is 11.6 Å². The first-order valence-corrected chi connectivity index (χ1v) is 5.72. The van der Waals surface area contributed by atoms with Gasteiger partial charge in [-0.3, -0.25) is 4.98 Å². The van der Waals surface area contributed by atoms with Crippen molar-refractivity contribution in [3.05, 3.63) is 28.5 Å². The fourth-order valence-electron chi connectivity index (χ4n) is 1.82. The largest absolute Gasteiger partial charge is 0.302 e. The zero-order valence-electron chi connectivity index (χ0n) is 9.92. The molecule has 0 saturated carbocycles. The maximum atomic E-state index is 6.08. The summed E-state index contributed by atoms with van der Waals surface area (Å²) >= 11 is 6.08. The maximum Gasteiger partial charge on any atom is 0.0621 e. The van der Waals surface area contributed by atoms with Crippen LogP contribution in [0.5, 0.6) is 0 Å². The second-order valence-electron chi connectivity index (χ2n) is 4.10. The molecule has 0 aliphatic rings. The molecule has 0 aliphatic heterocycles.